The Labute approximate surface area is 135 Å². The molecule has 0 saturated heterocycles. The SMILES string of the molecule is COc1cccc(/C=C/C(=O)Nc2nnc(CCBr)s2)c1. The molecule has 0 spiro atoms. The first-order valence-corrected chi connectivity index (χ1v) is 8.16. The monoisotopic (exact) mass is 367 g/mol. The molecule has 0 fully saturated rings. The average molecular weight is 368 g/mol. The Morgan fingerprint density at radius 3 is 3.10 bits per heavy atom. The van der Waals surface area contributed by atoms with Crippen molar-refractivity contribution in [2.24, 2.45) is 0 Å². The Kier molecular flexibility index (Phi) is 5.89. The van der Waals surface area contributed by atoms with E-state index in [4.69, 9.17) is 4.74 Å². The van der Waals surface area contributed by atoms with Crippen LogP contribution in [-0.2, 0) is 11.2 Å². The molecule has 0 bridgehead atoms. The van der Waals surface area contributed by atoms with Crippen molar-refractivity contribution in [3.8, 4) is 5.75 Å². The zero-order valence-electron chi connectivity index (χ0n) is 11.4. The molecule has 0 unspecified atom stereocenters. The number of ether oxygens (including phenoxy) is 1. The number of anilines is 1. The summed E-state index contributed by atoms with van der Waals surface area (Å²) in [6, 6.07) is 7.46. The molecule has 110 valence electrons. The molecular weight excluding hydrogens is 354 g/mol. The van der Waals surface area contributed by atoms with Crippen molar-refractivity contribution in [1.82, 2.24) is 10.2 Å². The van der Waals surface area contributed by atoms with Crippen LogP contribution in [0.15, 0.2) is 30.3 Å². The van der Waals surface area contributed by atoms with Gasteiger partial charge < -0.3 is 4.74 Å². The van der Waals surface area contributed by atoms with Crippen molar-refractivity contribution in [3.05, 3.63) is 40.9 Å². The summed E-state index contributed by atoms with van der Waals surface area (Å²) in [5.41, 5.74) is 0.891. The van der Waals surface area contributed by atoms with Gasteiger partial charge in [0, 0.05) is 17.8 Å². The van der Waals surface area contributed by atoms with Crippen LogP contribution in [0.2, 0.25) is 0 Å². The van der Waals surface area contributed by atoms with Crippen LogP contribution in [0.1, 0.15) is 10.6 Å². The van der Waals surface area contributed by atoms with E-state index in [0.717, 1.165) is 28.1 Å². The van der Waals surface area contributed by atoms with E-state index < -0.39 is 0 Å². The largest absolute Gasteiger partial charge is 0.497 e. The molecule has 1 heterocycles. The summed E-state index contributed by atoms with van der Waals surface area (Å²) in [6.07, 6.45) is 3.98. The summed E-state index contributed by atoms with van der Waals surface area (Å²) < 4.78 is 5.13. The van der Waals surface area contributed by atoms with Crippen LogP contribution < -0.4 is 10.1 Å². The van der Waals surface area contributed by atoms with Crippen LogP contribution in [0.4, 0.5) is 5.13 Å². The van der Waals surface area contributed by atoms with E-state index in [1.54, 1.807) is 13.2 Å². The fourth-order valence-corrected chi connectivity index (χ4v) is 2.93. The van der Waals surface area contributed by atoms with Gasteiger partial charge in [0.15, 0.2) is 0 Å². The first kappa shape index (κ1) is 15.7. The van der Waals surface area contributed by atoms with E-state index in [0.29, 0.717) is 5.13 Å². The lowest BCUT2D eigenvalue weighted by Gasteiger charge is -2.00. The predicted molar refractivity (Wildman–Crippen MR) is 88.1 cm³/mol. The van der Waals surface area contributed by atoms with Crippen molar-refractivity contribution < 1.29 is 9.53 Å². The summed E-state index contributed by atoms with van der Waals surface area (Å²) in [5.74, 6) is 0.514. The topological polar surface area (TPSA) is 64.1 Å². The van der Waals surface area contributed by atoms with Crippen molar-refractivity contribution in [2.45, 2.75) is 6.42 Å². The minimum absolute atomic E-state index is 0.237. The van der Waals surface area contributed by atoms with Gasteiger partial charge in [-0.3, -0.25) is 10.1 Å². The number of carbonyl (C=O) groups is 1. The molecule has 2 rings (SSSR count). The number of nitrogens with one attached hydrogen (secondary N) is 1. The number of carbonyl (C=O) groups excluding carboxylic acids is 1. The average Bonchev–Trinajstić information content (AvgIpc) is 2.93. The molecule has 2 aromatic rings. The van der Waals surface area contributed by atoms with Crippen molar-refractivity contribution >= 4 is 44.4 Å². The van der Waals surface area contributed by atoms with E-state index in [-0.39, 0.29) is 5.91 Å². The summed E-state index contributed by atoms with van der Waals surface area (Å²) in [5, 5.41) is 12.8. The Hall–Kier alpha value is -1.73. The number of amides is 1. The molecule has 1 amide bonds. The molecular formula is C14H14BrN3O2S. The maximum Gasteiger partial charge on any atom is 0.250 e. The predicted octanol–water partition coefficient (Wildman–Crippen LogP) is 3.14. The van der Waals surface area contributed by atoms with Crippen LogP contribution in [0, 0.1) is 0 Å². The fraction of sp³-hybridized carbons (Fsp3) is 0.214. The number of hydrogen-bond donors (Lipinski definition) is 1. The first-order valence-electron chi connectivity index (χ1n) is 6.22. The lowest BCUT2D eigenvalue weighted by Crippen LogP contribution is -2.07. The molecule has 21 heavy (non-hydrogen) atoms. The third kappa shape index (κ3) is 4.95. The number of rotatable bonds is 6. The molecule has 1 aromatic carbocycles. The van der Waals surface area contributed by atoms with Gasteiger partial charge in [0.05, 0.1) is 7.11 Å². The van der Waals surface area contributed by atoms with E-state index >= 15 is 0 Å². The Balaban J connectivity index is 1.95. The lowest BCUT2D eigenvalue weighted by molar-refractivity contribution is -0.111. The van der Waals surface area contributed by atoms with Gasteiger partial charge in [-0.15, -0.1) is 10.2 Å². The van der Waals surface area contributed by atoms with Crippen molar-refractivity contribution in [1.29, 1.82) is 0 Å². The molecule has 0 saturated carbocycles. The maximum atomic E-state index is 11.8. The van der Waals surface area contributed by atoms with Crippen LogP contribution in [0.5, 0.6) is 5.75 Å². The standard InChI is InChI=1S/C14H14BrN3O2S/c1-20-11-4-2-3-10(9-11)5-6-12(19)16-14-18-17-13(21-14)7-8-15/h2-6,9H,7-8H2,1H3,(H,16,18,19)/b6-5+. The molecule has 0 radical (unpaired) electrons. The van der Waals surface area contributed by atoms with E-state index in [2.05, 4.69) is 31.4 Å². The van der Waals surface area contributed by atoms with E-state index in [1.165, 1.54) is 17.4 Å². The Morgan fingerprint density at radius 1 is 1.48 bits per heavy atom. The zero-order chi connectivity index (χ0) is 15.1. The summed E-state index contributed by atoms with van der Waals surface area (Å²) >= 11 is 4.71. The third-order valence-corrected chi connectivity index (χ3v) is 3.82. The maximum absolute atomic E-state index is 11.8. The van der Waals surface area contributed by atoms with Crippen molar-refractivity contribution in [2.75, 3.05) is 17.8 Å². The van der Waals surface area contributed by atoms with Crippen molar-refractivity contribution in [3.63, 3.8) is 0 Å². The smallest absolute Gasteiger partial charge is 0.250 e. The van der Waals surface area contributed by atoms with Crippen LogP contribution in [0.25, 0.3) is 6.08 Å². The highest BCUT2D eigenvalue weighted by molar-refractivity contribution is 9.09. The van der Waals surface area contributed by atoms with Crippen LogP contribution >= 0.6 is 27.3 Å². The lowest BCUT2D eigenvalue weighted by atomic mass is 10.2. The van der Waals surface area contributed by atoms with Gasteiger partial charge in [-0.25, -0.2) is 0 Å². The van der Waals surface area contributed by atoms with Gasteiger partial charge in [0.2, 0.25) is 11.0 Å². The summed E-state index contributed by atoms with van der Waals surface area (Å²) in [4.78, 5) is 11.8. The molecule has 5 nitrogen and oxygen atoms in total. The number of alkyl halides is 1. The minimum atomic E-state index is -0.237. The third-order valence-electron chi connectivity index (χ3n) is 2.53. The van der Waals surface area contributed by atoms with Gasteiger partial charge in [-0.1, -0.05) is 39.4 Å². The number of benzene rings is 1. The minimum Gasteiger partial charge on any atom is -0.497 e. The molecule has 7 heteroatoms. The first-order chi connectivity index (χ1) is 10.2. The number of aromatic nitrogens is 2. The van der Waals surface area contributed by atoms with Gasteiger partial charge >= 0.3 is 0 Å². The second-order valence-corrected chi connectivity index (χ2v) is 5.89. The quantitative estimate of drug-likeness (QED) is 0.629. The van der Waals surface area contributed by atoms with Crippen LogP contribution in [0.3, 0.4) is 0 Å². The normalized spacial score (nSPS) is 10.8. The second kappa shape index (κ2) is 7.90. The Morgan fingerprint density at radius 2 is 2.33 bits per heavy atom. The van der Waals surface area contributed by atoms with E-state index in [9.17, 15) is 4.79 Å². The number of methoxy groups -OCH3 is 1. The molecule has 0 aliphatic rings. The number of aryl methyl sites for hydroxylation is 1. The molecule has 0 aliphatic carbocycles. The second-order valence-electron chi connectivity index (χ2n) is 4.04. The zero-order valence-corrected chi connectivity index (χ0v) is 13.8. The highest BCUT2D eigenvalue weighted by Crippen LogP contribution is 2.17. The number of hydrogen-bond acceptors (Lipinski definition) is 5. The van der Waals surface area contributed by atoms with Gasteiger partial charge in [-0.2, -0.15) is 0 Å². The molecule has 1 N–H and O–H groups in total. The number of halogens is 1. The highest BCUT2D eigenvalue weighted by atomic mass is 79.9. The summed E-state index contributed by atoms with van der Waals surface area (Å²) in [6.45, 7) is 0. The van der Waals surface area contributed by atoms with Crippen LogP contribution in [-0.4, -0.2) is 28.5 Å². The Bertz CT molecular complexity index is 643. The fourth-order valence-electron chi connectivity index (χ4n) is 1.55. The molecule has 0 aliphatic heterocycles. The molecule has 1 aromatic heterocycles. The van der Waals surface area contributed by atoms with E-state index in [1.807, 2.05) is 24.3 Å². The highest BCUT2D eigenvalue weighted by Gasteiger charge is 2.05. The van der Waals surface area contributed by atoms with Gasteiger partial charge in [0.25, 0.3) is 0 Å². The van der Waals surface area contributed by atoms with Gasteiger partial charge in [0.1, 0.15) is 10.8 Å². The number of nitrogens with zero attached hydrogens (tertiary/aromatic N) is 2. The molecule has 0 atom stereocenters. The van der Waals surface area contributed by atoms with Gasteiger partial charge in [-0.05, 0) is 23.8 Å². The summed E-state index contributed by atoms with van der Waals surface area (Å²) in [7, 11) is 1.61.